The molecule has 0 radical (unpaired) electrons. The van der Waals surface area contributed by atoms with Gasteiger partial charge in [0.05, 0.1) is 18.3 Å². The number of benzene rings is 3. The molecule has 0 amide bonds. The zero-order chi connectivity index (χ0) is 23.3. The molecule has 3 aromatic rings. The monoisotopic (exact) mass is 483 g/mol. The van der Waals surface area contributed by atoms with Gasteiger partial charge in [0.2, 0.25) is 0 Å². The fourth-order valence-electron chi connectivity index (χ4n) is 6.57. The van der Waals surface area contributed by atoms with E-state index in [9.17, 15) is 0 Å². The lowest BCUT2D eigenvalue weighted by Gasteiger charge is -2.41. The number of rotatable bonds is 4. The highest BCUT2D eigenvalue weighted by molar-refractivity contribution is 8.20. The molecule has 0 N–H and O–H groups in total. The fourth-order valence-corrected chi connectivity index (χ4v) is 13.7. The van der Waals surface area contributed by atoms with Crippen LogP contribution in [0.4, 0.5) is 0 Å². The first-order valence-electron chi connectivity index (χ1n) is 12.2. The van der Waals surface area contributed by atoms with Gasteiger partial charge < -0.3 is 4.74 Å². The third-order valence-electron chi connectivity index (χ3n) is 8.17. The van der Waals surface area contributed by atoms with Crippen LogP contribution >= 0.6 is 6.04 Å². The summed E-state index contributed by atoms with van der Waals surface area (Å²) in [4.78, 5) is 5.29. The highest BCUT2D eigenvalue weighted by Crippen LogP contribution is 2.83. The zero-order valence-corrected chi connectivity index (χ0v) is 21.4. The van der Waals surface area contributed by atoms with Gasteiger partial charge >= 0.3 is 0 Å². The molecule has 2 bridgehead atoms. The maximum Gasteiger partial charge on any atom is 0.193 e. The first-order chi connectivity index (χ1) is 16.5. The van der Waals surface area contributed by atoms with E-state index in [2.05, 4.69) is 105 Å². The van der Waals surface area contributed by atoms with Crippen molar-refractivity contribution in [1.29, 1.82) is 0 Å². The molecule has 172 valence electrons. The molecule has 1 unspecified atom stereocenters. The third kappa shape index (κ3) is 3.28. The van der Waals surface area contributed by atoms with E-state index in [1.54, 1.807) is 0 Å². The Morgan fingerprint density at radius 3 is 2.12 bits per heavy atom. The Hall–Kier alpha value is -2.48. The Morgan fingerprint density at radius 1 is 0.882 bits per heavy atom. The number of fused-ring (bicyclic) bond motifs is 2. The fraction of sp³-hybridized carbons (Fsp3) is 0.300. The smallest absolute Gasteiger partial charge is 0.193 e. The number of hydrogen-bond acceptors (Lipinski definition) is 3. The average Bonchev–Trinajstić information content (AvgIpc) is 3.25. The van der Waals surface area contributed by atoms with Crippen LogP contribution in [0.5, 0.6) is 0 Å². The number of allylic oxidation sites excluding steroid dienone is 1. The molecule has 1 fully saturated rings. The van der Waals surface area contributed by atoms with Gasteiger partial charge in [-0.25, -0.2) is 4.99 Å². The van der Waals surface area contributed by atoms with E-state index in [0.717, 1.165) is 18.5 Å². The van der Waals surface area contributed by atoms with Gasteiger partial charge in [0.25, 0.3) is 0 Å². The summed E-state index contributed by atoms with van der Waals surface area (Å²) in [6, 6.07) is 30.6. The predicted molar refractivity (Wildman–Crippen MR) is 146 cm³/mol. The standard InChI is InChI=1S/C30H30NOPS/c1-21-27(24-16-10-5-11-17-24)33(34)20-30(21,2)26(23-14-8-4-9-15-23)28(33)29-31-25(18-19-32-29)22-12-6-3-7-13-22/h3-17,25-26,28H,18-20H2,1-2H3/t25?,26-,28-,30-,33+/m1/s1. The summed E-state index contributed by atoms with van der Waals surface area (Å²) < 4.78 is 6.44. The molecule has 0 aliphatic carbocycles. The number of ether oxygens (including phenoxy) is 1. The van der Waals surface area contributed by atoms with Crippen LogP contribution in [0.3, 0.4) is 0 Å². The molecular formula is C30H30NOPS. The Morgan fingerprint density at radius 2 is 1.47 bits per heavy atom. The normalized spacial score (nSPS) is 32.4. The summed E-state index contributed by atoms with van der Waals surface area (Å²) in [7, 11) is 0. The van der Waals surface area contributed by atoms with Gasteiger partial charge in [0.15, 0.2) is 5.90 Å². The summed E-state index contributed by atoms with van der Waals surface area (Å²) >= 11 is 6.79. The Balaban J connectivity index is 1.54. The van der Waals surface area contributed by atoms with Crippen LogP contribution in [0.1, 0.15) is 48.9 Å². The Labute approximate surface area is 207 Å². The molecule has 6 rings (SSSR count). The first-order valence-corrected chi connectivity index (χ1v) is 15.2. The van der Waals surface area contributed by atoms with Gasteiger partial charge in [-0.1, -0.05) is 115 Å². The average molecular weight is 484 g/mol. The molecule has 4 heteroatoms. The largest absolute Gasteiger partial charge is 0.480 e. The van der Waals surface area contributed by atoms with E-state index in [4.69, 9.17) is 21.5 Å². The van der Waals surface area contributed by atoms with Gasteiger partial charge in [0.1, 0.15) is 0 Å². The molecule has 3 aliphatic heterocycles. The van der Waals surface area contributed by atoms with Crippen LogP contribution < -0.4 is 0 Å². The van der Waals surface area contributed by atoms with Gasteiger partial charge in [-0.15, -0.1) is 0 Å². The molecule has 5 atom stereocenters. The SMILES string of the molecule is CC1=C(c2ccccc2)[P@@]2(=S)C[C@@]1(C)[C@H](c1ccccc1)[C@@H]2C1=NC(c2ccccc2)CCO1. The molecular weight excluding hydrogens is 453 g/mol. The van der Waals surface area contributed by atoms with Crippen LogP contribution in [0.25, 0.3) is 5.31 Å². The molecule has 3 aliphatic rings. The van der Waals surface area contributed by atoms with Crippen LogP contribution in [-0.2, 0) is 16.5 Å². The molecule has 3 heterocycles. The second kappa shape index (κ2) is 8.33. The molecule has 34 heavy (non-hydrogen) atoms. The van der Waals surface area contributed by atoms with Crippen molar-refractivity contribution in [2.24, 2.45) is 10.4 Å². The van der Waals surface area contributed by atoms with Crippen molar-refractivity contribution in [1.82, 2.24) is 0 Å². The van der Waals surface area contributed by atoms with E-state index in [-0.39, 0.29) is 17.1 Å². The zero-order valence-electron chi connectivity index (χ0n) is 19.7. The highest BCUT2D eigenvalue weighted by atomic mass is 32.4. The third-order valence-corrected chi connectivity index (χ3v) is 13.7. The van der Waals surface area contributed by atoms with E-state index >= 15 is 0 Å². The lowest BCUT2D eigenvalue weighted by molar-refractivity contribution is 0.245. The van der Waals surface area contributed by atoms with E-state index in [1.807, 2.05) is 0 Å². The van der Waals surface area contributed by atoms with Crippen molar-refractivity contribution in [3.05, 3.63) is 113 Å². The van der Waals surface area contributed by atoms with E-state index in [0.29, 0.717) is 12.5 Å². The van der Waals surface area contributed by atoms with Crippen LogP contribution in [0.15, 0.2) is 102 Å². The minimum atomic E-state index is -1.99. The minimum absolute atomic E-state index is 0.0122. The summed E-state index contributed by atoms with van der Waals surface area (Å²) in [6.07, 6.45) is 1.96. The number of aliphatic imine (C=N–C) groups is 1. The summed E-state index contributed by atoms with van der Waals surface area (Å²) in [6.45, 7) is 5.47. The van der Waals surface area contributed by atoms with Gasteiger partial charge in [-0.3, -0.25) is 0 Å². The Kier molecular flexibility index (Phi) is 5.39. The van der Waals surface area contributed by atoms with Gasteiger partial charge in [0, 0.05) is 17.8 Å². The summed E-state index contributed by atoms with van der Waals surface area (Å²) in [5, 5.41) is 1.43. The van der Waals surface area contributed by atoms with Crippen LogP contribution in [-0.4, -0.2) is 24.3 Å². The number of nitrogens with zero attached hydrogens (tertiary/aromatic N) is 1. The van der Waals surface area contributed by atoms with Crippen molar-refractivity contribution >= 4 is 29.1 Å². The second-order valence-corrected chi connectivity index (χ2v) is 14.9. The van der Waals surface area contributed by atoms with E-state index in [1.165, 1.54) is 27.6 Å². The molecule has 0 aromatic heterocycles. The molecule has 0 spiro atoms. The second-order valence-electron chi connectivity index (χ2n) is 10.1. The first kappa shape index (κ1) is 22.0. The molecule has 1 saturated heterocycles. The van der Waals surface area contributed by atoms with Crippen LogP contribution in [0, 0.1) is 5.41 Å². The van der Waals surface area contributed by atoms with Gasteiger partial charge in [-0.2, -0.15) is 0 Å². The topological polar surface area (TPSA) is 21.6 Å². The molecule has 0 saturated carbocycles. The van der Waals surface area contributed by atoms with E-state index < -0.39 is 6.04 Å². The minimum Gasteiger partial charge on any atom is -0.480 e. The van der Waals surface area contributed by atoms with Crippen molar-refractivity contribution in [3.8, 4) is 0 Å². The quantitative estimate of drug-likeness (QED) is 0.356. The predicted octanol–water partition coefficient (Wildman–Crippen LogP) is 7.64. The number of hydrogen-bond donors (Lipinski definition) is 0. The summed E-state index contributed by atoms with van der Waals surface area (Å²) in [5.74, 6) is 1.20. The molecule has 2 nitrogen and oxygen atoms in total. The highest BCUT2D eigenvalue weighted by Gasteiger charge is 2.64. The maximum atomic E-state index is 6.79. The van der Waals surface area contributed by atoms with Gasteiger partial charge in [-0.05, 0) is 41.1 Å². The van der Waals surface area contributed by atoms with Crippen LogP contribution in [0.2, 0.25) is 0 Å². The molecule has 3 aromatic carbocycles. The maximum absolute atomic E-state index is 6.79. The lowest BCUT2D eigenvalue weighted by Crippen LogP contribution is -2.37. The van der Waals surface area contributed by atoms with Crippen molar-refractivity contribution in [3.63, 3.8) is 0 Å². The lowest BCUT2D eigenvalue weighted by atomic mass is 9.68. The van der Waals surface area contributed by atoms with Crippen molar-refractivity contribution in [2.75, 3.05) is 12.8 Å². The Bertz CT molecular complexity index is 1320. The summed E-state index contributed by atoms with van der Waals surface area (Å²) in [5.41, 5.74) is 5.54. The van der Waals surface area contributed by atoms with Crippen molar-refractivity contribution < 1.29 is 4.74 Å². The van der Waals surface area contributed by atoms with Crippen molar-refractivity contribution in [2.45, 2.75) is 37.9 Å².